The molecule has 0 saturated carbocycles. The summed E-state index contributed by atoms with van der Waals surface area (Å²) in [5.74, 6) is -0.351. The molecule has 0 bridgehead atoms. The van der Waals surface area contributed by atoms with Gasteiger partial charge >= 0.3 is 5.97 Å². The van der Waals surface area contributed by atoms with Crippen LogP contribution in [0, 0.1) is 0 Å². The van der Waals surface area contributed by atoms with Gasteiger partial charge in [0.1, 0.15) is 16.8 Å². The lowest BCUT2D eigenvalue weighted by molar-refractivity contribution is 0.0525. The summed E-state index contributed by atoms with van der Waals surface area (Å²) < 4.78 is 13.0. The normalized spacial score (nSPS) is 12.1. The second-order valence-corrected chi connectivity index (χ2v) is 7.97. The Kier molecular flexibility index (Phi) is 6.17. The van der Waals surface area contributed by atoms with Gasteiger partial charge in [-0.05, 0) is 19.9 Å². The molecule has 160 valence electrons. The summed E-state index contributed by atoms with van der Waals surface area (Å²) in [7, 11) is 0. The van der Waals surface area contributed by atoms with Crippen molar-refractivity contribution < 1.29 is 19.4 Å². The first-order chi connectivity index (χ1) is 15.0. The SMILES string of the molecule is CCOC(=O)c1sc(-c2cnc3cnc(CO)cn23)nc1O[C@H](C)c1ccccc1Cl. The van der Waals surface area contributed by atoms with Gasteiger partial charge in [0.25, 0.3) is 0 Å². The quantitative estimate of drug-likeness (QED) is 0.412. The Morgan fingerprint density at radius 2 is 2.10 bits per heavy atom. The van der Waals surface area contributed by atoms with Gasteiger partial charge in [0, 0.05) is 16.8 Å². The van der Waals surface area contributed by atoms with Gasteiger partial charge in [-0.25, -0.2) is 9.78 Å². The maximum atomic E-state index is 12.6. The van der Waals surface area contributed by atoms with Crippen LogP contribution in [0.15, 0.2) is 42.9 Å². The van der Waals surface area contributed by atoms with Crippen LogP contribution in [-0.4, -0.2) is 37.0 Å². The standard InChI is InChI=1S/C21H19ClN4O4S/c1-3-29-21(28)18-19(30-12(2)14-6-4-5-7-15(14)22)25-20(31-18)16-8-24-17-9-23-13(11-27)10-26(16)17/h4-10,12,27H,3,11H2,1-2H3/t12-/m1/s1. The second-order valence-electron chi connectivity index (χ2n) is 6.56. The second kappa shape index (κ2) is 9.01. The summed E-state index contributed by atoms with van der Waals surface area (Å²) in [5, 5.41) is 10.5. The Labute approximate surface area is 187 Å². The molecule has 1 N–H and O–H groups in total. The van der Waals surface area contributed by atoms with Crippen LogP contribution in [0.3, 0.4) is 0 Å². The number of imidazole rings is 1. The fourth-order valence-electron chi connectivity index (χ4n) is 3.03. The number of rotatable bonds is 7. The minimum atomic E-state index is -0.515. The highest BCUT2D eigenvalue weighted by atomic mass is 35.5. The van der Waals surface area contributed by atoms with Crippen LogP contribution in [-0.2, 0) is 11.3 Å². The predicted molar refractivity (Wildman–Crippen MR) is 116 cm³/mol. The van der Waals surface area contributed by atoms with E-state index >= 15 is 0 Å². The molecular weight excluding hydrogens is 440 g/mol. The maximum absolute atomic E-state index is 12.6. The molecular formula is C21H19ClN4O4S. The van der Waals surface area contributed by atoms with Gasteiger partial charge in [0.15, 0.2) is 10.5 Å². The molecule has 3 aromatic heterocycles. The van der Waals surface area contributed by atoms with E-state index < -0.39 is 12.1 Å². The number of aliphatic hydroxyl groups is 1. The Balaban J connectivity index is 1.76. The molecule has 1 aromatic carbocycles. The highest BCUT2D eigenvalue weighted by molar-refractivity contribution is 7.17. The number of nitrogens with zero attached hydrogens (tertiary/aromatic N) is 4. The Bertz CT molecular complexity index is 1240. The van der Waals surface area contributed by atoms with E-state index in [9.17, 15) is 9.90 Å². The molecule has 0 aliphatic rings. The molecule has 4 aromatic rings. The molecule has 0 radical (unpaired) electrons. The predicted octanol–water partition coefficient (Wildman–Crippen LogP) is 4.32. The summed E-state index contributed by atoms with van der Waals surface area (Å²) in [6.07, 6.45) is 4.43. The molecule has 8 nitrogen and oxygen atoms in total. The van der Waals surface area contributed by atoms with Crippen molar-refractivity contribution in [3.05, 3.63) is 64.0 Å². The van der Waals surface area contributed by atoms with Crippen LogP contribution in [0.5, 0.6) is 5.88 Å². The molecule has 0 spiro atoms. The lowest BCUT2D eigenvalue weighted by atomic mass is 10.1. The van der Waals surface area contributed by atoms with Gasteiger partial charge in [0.05, 0.1) is 31.3 Å². The van der Waals surface area contributed by atoms with Gasteiger partial charge in [0.2, 0.25) is 5.88 Å². The van der Waals surface area contributed by atoms with E-state index in [0.717, 1.165) is 16.9 Å². The first-order valence-electron chi connectivity index (χ1n) is 9.54. The zero-order chi connectivity index (χ0) is 22.0. The number of halogens is 1. The first-order valence-corrected chi connectivity index (χ1v) is 10.7. The van der Waals surface area contributed by atoms with Crippen molar-refractivity contribution >= 4 is 34.6 Å². The van der Waals surface area contributed by atoms with Gasteiger partial charge in [-0.15, -0.1) is 11.3 Å². The highest BCUT2D eigenvalue weighted by Crippen LogP contribution is 2.36. The summed E-state index contributed by atoms with van der Waals surface area (Å²) in [6.45, 7) is 3.60. The number of esters is 1. The third-order valence-corrected chi connectivity index (χ3v) is 5.90. The van der Waals surface area contributed by atoms with Crippen LogP contribution < -0.4 is 4.74 Å². The van der Waals surface area contributed by atoms with Crippen LogP contribution in [0.4, 0.5) is 0 Å². The number of benzene rings is 1. The smallest absolute Gasteiger partial charge is 0.354 e. The van der Waals surface area contributed by atoms with E-state index in [2.05, 4.69) is 15.0 Å². The molecule has 31 heavy (non-hydrogen) atoms. The molecule has 0 aliphatic heterocycles. The summed E-state index contributed by atoms with van der Waals surface area (Å²) in [4.78, 5) is 25.8. The number of hydrogen-bond donors (Lipinski definition) is 1. The van der Waals surface area contributed by atoms with E-state index in [0.29, 0.717) is 27.1 Å². The molecule has 0 fully saturated rings. The van der Waals surface area contributed by atoms with Gasteiger partial charge in [-0.1, -0.05) is 29.8 Å². The summed E-state index contributed by atoms with van der Waals surface area (Å²) in [5.41, 5.74) is 2.50. The minimum absolute atomic E-state index is 0.164. The van der Waals surface area contributed by atoms with Crippen molar-refractivity contribution in [1.29, 1.82) is 0 Å². The fraction of sp³-hybridized carbons (Fsp3) is 0.238. The molecule has 0 unspecified atom stereocenters. The molecule has 10 heteroatoms. The van der Waals surface area contributed by atoms with E-state index in [4.69, 9.17) is 21.1 Å². The Morgan fingerprint density at radius 1 is 1.29 bits per heavy atom. The van der Waals surface area contributed by atoms with Gasteiger partial charge in [-0.2, -0.15) is 4.98 Å². The topological polar surface area (TPSA) is 98.8 Å². The van der Waals surface area contributed by atoms with Crippen LogP contribution in [0.1, 0.15) is 40.9 Å². The van der Waals surface area contributed by atoms with Crippen molar-refractivity contribution in [3.8, 4) is 16.6 Å². The number of aromatic nitrogens is 4. The largest absolute Gasteiger partial charge is 0.468 e. The van der Waals surface area contributed by atoms with Crippen LogP contribution in [0.2, 0.25) is 5.02 Å². The summed E-state index contributed by atoms with van der Waals surface area (Å²) in [6, 6.07) is 7.34. The van der Waals surface area contributed by atoms with Gasteiger partial charge < -0.3 is 14.6 Å². The van der Waals surface area contributed by atoms with Gasteiger partial charge in [-0.3, -0.25) is 9.38 Å². The minimum Gasteiger partial charge on any atom is -0.468 e. The zero-order valence-electron chi connectivity index (χ0n) is 16.8. The van der Waals surface area contributed by atoms with E-state index in [1.807, 2.05) is 25.1 Å². The number of carbonyl (C=O) groups is 1. The average Bonchev–Trinajstić information content (AvgIpc) is 3.37. The summed E-state index contributed by atoms with van der Waals surface area (Å²) >= 11 is 7.44. The number of hydrogen-bond acceptors (Lipinski definition) is 8. The third-order valence-electron chi connectivity index (χ3n) is 4.52. The molecule has 0 aliphatic carbocycles. The molecule has 3 heterocycles. The number of ether oxygens (including phenoxy) is 2. The van der Waals surface area contributed by atoms with Crippen molar-refractivity contribution in [3.63, 3.8) is 0 Å². The van der Waals surface area contributed by atoms with Crippen LogP contribution in [0.25, 0.3) is 16.3 Å². The van der Waals surface area contributed by atoms with Crippen molar-refractivity contribution in [2.75, 3.05) is 6.61 Å². The average molecular weight is 459 g/mol. The number of aliphatic hydroxyl groups excluding tert-OH is 1. The molecule has 0 amide bonds. The molecule has 0 saturated heterocycles. The van der Waals surface area contributed by atoms with E-state index in [-0.39, 0.29) is 24.0 Å². The number of thiazole rings is 1. The van der Waals surface area contributed by atoms with Crippen molar-refractivity contribution in [2.45, 2.75) is 26.6 Å². The monoisotopic (exact) mass is 458 g/mol. The van der Waals surface area contributed by atoms with E-state index in [1.165, 1.54) is 0 Å². The lowest BCUT2D eigenvalue weighted by Crippen LogP contribution is -2.09. The van der Waals surface area contributed by atoms with Crippen molar-refractivity contribution in [2.24, 2.45) is 0 Å². The maximum Gasteiger partial charge on any atom is 0.354 e. The third kappa shape index (κ3) is 4.25. The lowest BCUT2D eigenvalue weighted by Gasteiger charge is -2.15. The van der Waals surface area contributed by atoms with Crippen LogP contribution >= 0.6 is 22.9 Å². The zero-order valence-corrected chi connectivity index (χ0v) is 18.4. The number of fused-ring (bicyclic) bond motifs is 1. The number of carbonyl (C=O) groups excluding carboxylic acids is 1. The molecule has 1 atom stereocenters. The Morgan fingerprint density at radius 3 is 2.84 bits per heavy atom. The fourth-order valence-corrected chi connectivity index (χ4v) is 4.22. The highest BCUT2D eigenvalue weighted by Gasteiger charge is 2.25. The van der Waals surface area contributed by atoms with Crippen molar-refractivity contribution in [1.82, 2.24) is 19.4 Å². The van der Waals surface area contributed by atoms with E-state index in [1.54, 1.807) is 36.0 Å². The Hall–Kier alpha value is -3.01. The first kappa shape index (κ1) is 21.2. The molecule has 4 rings (SSSR count).